The van der Waals surface area contributed by atoms with Gasteiger partial charge < -0.3 is 9.67 Å². The van der Waals surface area contributed by atoms with Crippen LogP contribution < -0.4 is 5.56 Å². The third-order valence-corrected chi connectivity index (χ3v) is 3.60. The standard InChI is InChI=1S/C14H11ClN2O2/c1-7-3-9-8-4-11(15)13(18)5-10(8)14(19)17(2)12(9)6-16-7/h3-6,18H,1-2H3. The van der Waals surface area contributed by atoms with Gasteiger partial charge in [0.25, 0.3) is 5.56 Å². The van der Waals surface area contributed by atoms with E-state index in [1.54, 1.807) is 19.3 Å². The van der Waals surface area contributed by atoms with Crippen molar-refractivity contribution in [3.05, 3.63) is 45.5 Å². The molecular weight excluding hydrogens is 264 g/mol. The van der Waals surface area contributed by atoms with Gasteiger partial charge in [0.1, 0.15) is 5.75 Å². The molecule has 0 saturated heterocycles. The third kappa shape index (κ3) is 1.68. The number of aryl methyl sites for hydroxylation is 2. The highest BCUT2D eigenvalue weighted by Crippen LogP contribution is 2.31. The van der Waals surface area contributed by atoms with Crippen molar-refractivity contribution in [2.24, 2.45) is 7.05 Å². The predicted octanol–water partition coefficient (Wildman–Crippen LogP) is 2.75. The van der Waals surface area contributed by atoms with Gasteiger partial charge in [-0.15, -0.1) is 0 Å². The number of hydrogen-bond donors (Lipinski definition) is 1. The summed E-state index contributed by atoms with van der Waals surface area (Å²) < 4.78 is 1.53. The Kier molecular flexibility index (Phi) is 2.50. The number of fused-ring (bicyclic) bond motifs is 3. The average Bonchev–Trinajstić information content (AvgIpc) is 2.38. The molecule has 0 aliphatic carbocycles. The van der Waals surface area contributed by atoms with Crippen LogP contribution in [0.2, 0.25) is 5.02 Å². The molecule has 3 rings (SSSR count). The molecule has 1 aromatic carbocycles. The van der Waals surface area contributed by atoms with Gasteiger partial charge in [-0.25, -0.2) is 0 Å². The first-order valence-corrected chi connectivity index (χ1v) is 6.14. The van der Waals surface area contributed by atoms with E-state index in [1.807, 2.05) is 13.0 Å². The fourth-order valence-corrected chi connectivity index (χ4v) is 2.45. The van der Waals surface area contributed by atoms with E-state index < -0.39 is 0 Å². The van der Waals surface area contributed by atoms with Gasteiger partial charge in [0.05, 0.1) is 22.1 Å². The summed E-state index contributed by atoms with van der Waals surface area (Å²) in [4.78, 5) is 16.5. The fourth-order valence-electron chi connectivity index (χ4n) is 2.29. The molecule has 0 bridgehead atoms. The molecule has 0 saturated carbocycles. The Hall–Kier alpha value is -2.07. The summed E-state index contributed by atoms with van der Waals surface area (Å²) in [6.07, 6.45) is 1.67. The first-order chi connectivity index (χ1) is 8.99. The molecule has 4 nitrogen and oxygen atoms in total. The second-order valence-corrected chi connectivity index (χ2v) is 4.96. The van der Waals surface area contributed by atoms with Crippen LogP contribution in [0.3, 0.4) is 0 Å². The van der Waals surface area contributed by atoms with E-state index in [9.17, 15) is 9.90 Å². The van der Waals surface area contributed by atoms with Crippen molar-refractivity contribution in [3.63, 3.8) is 0 Å². The summed E-state index contributed by atoms with van der Waals surface area (Å²) in [6, 6.07) is 4.94. The van der Waals surface area contributed by atoms with Crippen LogP contribution in [0.1, 0.15) is 5.69 Å². The second-order valence-electron chi connectivity index (χ2n) is 4.56. The monoisotopic (exact) mass is 274 g/mol. The molecular formula is C14H11ClN2O2. The summed E-state index contributed by atoms with van der Waals surface area (Å²) in [6.45, 7) is 1.89. The molecule has 2 heterocycles. The van der Waals surface area contributed by atoms with Crippen LogP contribution in [0.15, 0.2) is 29.2 Å². The molecule has 0 spiro atoms. The predicted molar refractivity (Wildman–Crippen MR) is 75.9 cm³/mol. The van der Waals surface area contributed by atoms with Crippen LogP contribution in [0.4, 0.5) is 0 Å². The van der Waals surface area contributed by atoms with Crippen LogP contribution in [-0.2, 0) is 7.05 Å². The first kappa shape index (κ1) is 12.0. The van der Waals surface area contributed by atoms with Crippen molar-refractivity contribution in [1.29, 1.82) is 0 Å². The minimum atomic E-state index is -0.180. The molecule has 0 unspecified atom stereocenters. The fraction of sp³-hybridized carbons (Fsp3) is 0.143. The summed E-state index contributed by atoms with van der Waals surface area (Å²) >= 11 is 5.95. The number of halogens is 1. The van der Waals surface area contributed by atoms with Crippen LogP contribution in [-0.4, -0.2) is 14.7 Å². The number of pyridine rings is 2. The molecule has 3 aromatic rings. The lowest BCUT2D eigenvalue weighted by Crippen LogP contribution is -2.17. The molecule has 5 heteroatoms. The average molecular weight is 275 g/mol. The van der Waals surface area contributed by atoms with Crippen LogP contribution in [0.25, 0.3) is 21.7 Å². The van der Waals surface area contributed by atoms with Gasteiger partial charge in [0.2, 0.25) is 0 Å². The minimum absolute atomic E-state index is 0.0867. The van der Waals surface area contributed by atoms with Crippen molar-refractivity contribution in [3.8, 4) is 5.75 Å². The summed E-state index contributed by atoms with van der Waals surface area (Å²) in [5, 5.41) is 12.0. The normalized spacial score (nSPS) is 11.3. The molecule has 0 fully saturated rings. The lowest BCUT2D eigenvalue weighted by atomic mass is 10.1. The van der Waals surface area contributed by atoms with E-state index in [4.69, 9.17) is 11.6 Å². The smallest absolute Gasteiger partial charge is 0.258 e. The van der Waals surface area contributed by atoms with Gasteiger partial charge in [-0.1, -0.05) is 11.6 Å². The zero-order chi connectivity index (χ0) is 13.7. The Balaban J connectivity index is 2.68. The second kappa shape index (κ2) is 3.96. The lowest BCUT2D eigenvalue weighted by molar-refractivity contribution is 0.476. The molecule has 0 aliphatic heterocycles. The van der Waals surface area contributed by atoms with Crippen molar-refractivity contribution in [2.75, 3.05) is 0 Å². The molecule has 0 amide bonds. The molecule has 0 atom stereocenters. The van der Waals surface area contributed by atoms with Crippen LogP contribution in [0.5, 0.6) is 5.75 Å². The van der Waals surface area contributed by atoms with Crippen molar-refractivity contribution in [2.45, 2.75) is 6.92 Å². The van der Waals surface area contributed by atoms with E-state index >= 15 is 0 Å². The van der Waals surface area contributed by atoms with Crippen molar-refractivity contribution >= 4 is 33.3 Å². The maximum Gasteiger partial charge on any atom is 0.258 e. The zero-order valence-corrected chi connectivity index (χ0v) is 11.2. The number of hydrogen-bond acceptors (Lipinski definition) is 3. The molecule has 19 heavy (non-hydrogen) atoms. The maximum atomic E-state index is 12.3. The molecule has 2 aromatic heterocycles. The van der Waals surface area contributed by atoms with E-state index in [0.29, 0.717) is 5.39 Å². The van der Waals surface area contributed by atoms with Gasteiger partial charge in [0.15, 0.2) is 0 Å². The quantitative estimate of drug-likeness (QED) is 0.641. The summed E-state index contributed by atoms with van der Waals surface area (Å²) in [7, 11) is 1.69. The van der Waals surface area contributed by atoms with Crippen LogP contribution >= 0.6 is 11.6 Å². The highest BCUT2D eigenvalue weighted by atomic mass is 35.5. The maximum absolute atomic E-state index is 12.3. The van der Waals surface area contributed by atoms with Gasteiger partial charge >= 0.3 is 0 Å². The Morgan fingerprint density at radius 1 is 1.21 bits per heavy atom. The molecule has 96 valence electrons. The van der Waals surface area contributed by atoms with E-state index in [2.05, 4.69) is 4.98 Å². The highest BCUT2D eigenvalue weighted by Gasteiger charge is 2.12. The Bertz CT molecular complexity index is 884. The number of rotatable bonds is 0. The zero-order valence-electron chi connectivity index (χ0n) is 10.4. The molecule has 0 aliphatic rings. The SMILES string of the molecule is Cc1cc2c3cc(Cl)c(O)cc3c(=O)n(C)c2cn1. The Morgan fingerprint density at radius 3 is 2.68 bits per heavy atom. The third-order valence-electron chi connectivity index (χ3n) is 3.29. The van der Waals surface area contributed by atoms with Gasteiger partial charge in [-0.3, -0.25) is 9.78 Å². The number of aromatic nitrogens is 2. The van der Waals surface area contributed by atoms with Gasteiger partial charge in [-0.05, 0) is 30.5 Å². The molecule has 0 radical (unpaired) electrons. The lowest BCUT2D eigenvalue weighted by Gasteiger charge is -2.10. The summed E-state index contributed by atoms with van der Waals surface area (Å²) in [5.74, 6) is -0.0867. The van der Waals surface area contributed by atoms with Gasteiger partial charge in [-0.2, -0.15) is 0 Å². The number of phenols is 1. The topological polar surface area (TPSA) is 55.1 Å². The van der Waals surface area contributed by atoms with Crippen LogP contribution in [0, 0.1) is 6.92 Å². The van der Waals surface area contributed by atoms with E-state index in [-0.39, 0.29) is 16.3 Å². The highest BCUT2D eigenvalue weighted by molar-refractivity contribution is 6.33. The number of aromatic hydroxyl groups is 1. The Labute approximate surface area is 113 Å². The summed E-state index contributed by atoms with van der Waals surface area (Å²) in [5.41, 5.74) is 1.42. The number of nitrogens with zero attached hydrogens (tertiary/aromatic N) is 2. The van der Waals surface area contributed by atoms with Gasteiger partial charge in [0, 0.05) is 18.1 Å². The first-order valence-electron chi connectivity index (χ1n) is 5.76. The van der Waals surface area contributed by atoms with Crippen molar-refractivity contribution < 1.29 is 5.11 Å². The number of benzene rings is 1. The van der Waals surface area contributed by atoms with E-state index in [0.717, 1.165) is 22.0 Å². The minimum Gasteiger partial charge on any atom is -0.506 e. The van der Waals surface area contributed by atoms with Crippen molar-refractivity contribution in [1.82, 2.24) is 9.55 Å². The number of phenolic OH excluding ortho intramolecular Hbond substituents is 1. The van der Waals surface area contributed by atoms with E-state index in [1.165, 1.54) is 10.6 Å². The largest absolute Gasteiger partial charge is 0.506 e. The molecule has 1 N–H and O–H groups in total. The Morgan fingerprint density at radius 2 is 1.95 bits per heavy atom.